The van der Waals surface area contributed by atoms with Gasteiger partial charge in [-0.3, -0.25) is 9.59 Å². The molecule has 0 amide bonds. The molecule has 0 aromatic carbocycles. The smallest absolute Gasteiger partial charge is 0.306 e. The Morgan fingerprint density at radius 2 is 1.80 bits per heavy atom. The van der Waals surface area contributed by atoms with Crippen LogP contribution in [-0.2, 0) is 9.59 Å². The van der Waals surface area contributed by atoms with Crippen LogP contribution in [0.1, 0.15) is 39.0 Å². The Hall–Kier alpha value is -1.10. The number of hydrogen-bond donors (Lipinski definition) is 3. The van der Waals surface area contributed by atoms with Crippen molar-refractivity contribution in [3.8, 4) is 0 Å². The van der Waals surface area contributed by atoms with Crippen LogP contribution in [-0.4, -0.2) is 33.4 Å². The summed E-state index contributed by atoms with van der Waals surface area (Å²) in [5.74, 6) is -2.25. The maximum absolute atomic E-state index is 10.6. The van der Waals surface area contributed by atoms with E-state index in [1.807, 2.05) is 0 Å². The fourth-order valence-corrected chi connectivity index (χ4v) is 1.41. The van der Waals surface area contributed by atoms with Crippen molar-refractivity contribution in [2.24, 2.45) is 5.92 Å². The van der Waals surface area contributed by atoms with Gasteiger partial charge in [-0.1, -0.05) is 13.3 Å². The number of carboxylic acids is 2. The summed E-state index contributed by atoms with van der Waals surface area (Å²) < 4.78 is 0. The average molecular weight is 218 g/mol. The lowest BCUT2D eigenvalue weighted by atomic mass is 9.98. The molecule has 3 N–H and O–H groups in total. The molecule has 0 aromatic heterocycles. The molecule has 0 aromatic rings. The molecule has 0 rings (SSSR count). The van der Waals surface area contributed by atoms with E-state index in [0.29, 0.717) is 25.7 Å². The van der Waals surface area contributed by atoms with Gasteiger partial charge in [0.25, 0.3) is 0 Å². The molecule has 2 unspecified atom stereocenters. The van der Waals surface area contributed by atoms with Gasteiger partial charge in [0.1, 0.15) is 0 Å². The van der Waals surface area contributed by atoms with Gasteiger partial charge in [0, 0.05) is 0 Å². The summed E-state index contributed by atoms with van der Waals surface area (Å²) in [6.07, 6.45) is 0.792. The summed E-state index contributed by atoms with van der Waals surface area (Å²) >= 11 is 0. The number of aliphatic hydroxyl groups excluding tert-OH is 1. The first-order valence-electron chi connectivity index (χ1n) is 5.10. The van der Waals surface area contributed by atoms with E-state index in [2.05, 4.69) is 0 Å². The number of carbonyl (C=O) groups is 2. The van der Waals surface area contributed by atoms with Crippen molar-refractivity contribution in [1.82, 2.24) is 0 Å². The SMILES string of the molecule is CCC(CCCC(O)CC(=O)O)C(=O)O. The Kier molecular flexibility index (Phi) is 6.70. The van der Waals surface area contributed by atoms with Crippen molar-refractivity contribution in [2.45, 2.75) is 45.1 Å². The Balaban J connectivity index is 3.68. The van der Waals surface area contributed by atoms with Crippen LogP contribution >= 0.6 is 0 Å². The van der Waals surface area contributed by atoms with E-state index in [1.165, 1.54) is 0 Å². The molecule has 2 atom stereocenters. The largest absolute Gasteiger partial charge is 0.481 e. The fourth-order valence-electron chi connectivity index (χ4n) is 1.41. The normalized spacial score (nSPS) is 14.5. The number of carboxylic acid groups (broad SMARTS) is 2. The first-order valence-corrected chi connectivity index (χ1v) is 5.10. The summed E-state index contributed by atoms with van der Waals surface area (Å²) in [5, 5.41) is 26.3. The molecule has 0 aliphatic rings. The van der Waals surface area contributed by atoms with E-state index < -0.39 is 18.0 Å². The van der Waals surface area contributed by atoms with E-state index >= 15 is 0 Å². The van der Waals surface area contributed by atoms with Crippen LogP contribution in [0.3, 0.4) is 0 Å². The Morgan fingerprint density at radius 1 is 1.20 bits per heavy atom. The lowest BCUT2D eigenvalue weighted by Crippen LogP contribution is -2.15. The molecule has 5 nitrogen and oxygen atoms in total. The monoisotopic (exact) mass is 218 g/mol. The zero-order valence-electron chi connectivity index (χ0n) is 8.85. The van der Waals surface area contributed by atoms with Crippen molar-refractivity contribution in [3.05, 3.63) is 0 Å². The zero-order chi connectivity index (χ0) is 11.8. The van der Waals surface area contributed by atoms with Crippen LogP contribution in [0, 0.1) is 5.92 Å². The molecule has 0 saturated carbocycles. The first kappa shape index (κ1) is 13.9. The van der Waals surface area contributed by atoms with Crippen LogP contribution in [0.2, 0.25) is 0 Å². The lowest BCUT2D eigenvalue weighted by molar-refractivity contribution is -0.142. The zero-order valence-corrected chi connectivity index (χ0v) is 8.85. The molecule has 15 heavy (non-hydrogen) atoms. The van der Waals surface area contributed by atoms with E-state index in [-0.39, 0.29) is 12.3 Å². The second-order valence-corrected chi connectivity index (χ2v) is 3.63. The highest BCUT2D eigenvalue weighted by atomic mass is 16.4. The molecule has 0 radical (unpaired) electrons. The van der Waals surface area contributed by atoms with Crippen molar-refractivity contribution in [3.63, 3.8) is 0 Å². The van der Waals surface area contributed by atoms with Gasteiger partial charge in [-0.15, -0.1) is 0 Å². The highest BCUT2D eigenvalue weighted by Gasteiger charge is 2.16. The maximum atomic E-state index is 10.6. The standard InChI is InChI=1S/C10H18O5/c1-2-7(10(14)15)4-3-5-8(11)6-9(12)13/h7-8,11H,2-6H2,1H3,(H,12,13)(H,14,15). The molecular formula is C10H18O5. The van der Waals surface area contributed by atoms with Crippen LogP contribution in [0.4, 0.5) is 0 Å². The molecule has 0 spiro atoms. The van der Waals surface area contributed by atoms with Crippen LogP contribution in [0.25, 0.3) is 0 Å². The topological polar surface area (TPSA) is 94.8 Å². The lowest BCUT2D eigenvalue weighted by Gasteiger charge is -2.11. The number of aliphatic carboxylic acids is 2. The van der Waals surface area contributed by atoms with Crippen molar-refractivity contribution in [1.29, 1.82) is 0 Å². The second-order valence-electron chi connectivity index (χ2n) is 3.63. The predicted octanol–water partition coefficient (Wildman–Crippen LogP) is 1.10. The third kappa shape index (κ3) is 6.90. The van der Waals surface area contributed by atoms with Gasteiger partial charge < -0.3 is 15.3 Å². The minimum Gasteiger partial charge on any atom is -0.481 e. The van der Waals surface area contributed by atoms with Gasteiger partial charge in [-0.05, 0) is 19.3 Å². The fraction of sp³-hybridized carbons (Fsp3) is 0.800. The molecule has 0 bridgehead atoms. The number of hydrogen-bond acceptors (Lipinski definition) is 3. The van der Waals surface area contributed by atoms with E-state index in [1.54, 1.807) is 6.92 Å². The Morgan fingerprint density at radius 3 is 2.20 bits per heavy atom. The quantitative estimate of drug-likeness (QED) is 0.567. The third-order valence-corrected chi connectivity index (χ3v) is 2.34. The van der Waals surface area contributed by atoms with Gasteiger partial charge in [0.15, 0.2) is 0 Å². The van der Waals surface area contributed by atoms with Gasteiger partial charge >= 0.3 is 11.9 Å². The minimum absolute atomic E-state index is 0.274. The van der Waals surface area contributed by atoms with Gasteiger partial charge in [0.05, 0.1) is 18.4 Å². The maximum Gasteiger partial charge on any atom is 0.306 e. The summed E-state index contributed by atoms with van der Waals surface area (Å²) in [7, 11) is 0. The van der Waals surface area contributed by atoms with E-state index in [9.17, 15) is 14.7 Å². The second kappa shape index (κ2) is 7.23. The highest BCUT2D eigenvalue weighted by Crippen LogP contribution is 2.14. The predicted molar refractivity (Wildman–Crippen MR) is 53.5 cm³/mol. The molecule has 0 aliphatic heterocycles. The molecule has 0 saturated heterocycles. The Bertz CT molecular complexity index is 214. The molecule has 5 heteroatoms. The van der Waals surface area contributed by atoms with Crippen LogP contribution in [0.15, 0.2) is 0 Å². The minimum atomic E-state index is -1.03. The van der Waals surface area contributed by atoms with Crippen molar-refractivity contribution < 1.29 is 24.9 Å². The molecule has 0 fully saturated rings. The number of aliphatic hydroxyl groups is 1. The van der Waals surface area contributed by atoms with Crippen LogP contribution in [0.5, 0.6) is 0 Å². The van der Waals surface area contributed by atoms with Crippen molar-refractivity contribution >= 4 is 11.9 Å². The average Bonchev–Trinajstić information content (AvgIpc) is 2.10. The summed E-state index contributed by atoms with van der Waals surface area (Å²) in [6, 6.07) is 0. The van der Waals surface area contributed by atoms with Gasteiger partial charge in [0.2, 0.25) is 0 Å². The summed E-state index contributed by atoms with van der Waals surface area (Å²) in [4.78, 5) is 20.8. The van der Waals surface area contributed by atoms with Gasteiger partial charge in [-0.25, -0.2) is 0 Å². The molecule has 0 heterocycles. The van der Waals surface area contributed by atoms with Crippen molar-refractivity contribution in [2.75, 3.05) is 0 Å². The summed E-state index contributed by atoms with van der Waals surface area (Å²) in [6.45, 7) is 1.80. The first-order chi connectivity index (χ1) is 6.97. The molecule has 88 valence electrons. The number of rotatable bonds is 8. The Labute approximate surface area is 88.7 Å². The van der Waals surface area contributed by atoms with Crippen LogP contribution < -0.4 is 0 Å². The third-order valence-electron chi connectivity index (χ3n) is 2.34. The molecular weight excluding hydrogens is 200 g/mol. The van der Waals surface area contributed by atoms with E-state index in [0.717, 1.165) is 0 Å². The summed E-state index contributed by atoms with van der Waals surface area (Å²) in [5.41, 5.74) is 0. The van der Waals surface area contributed by atoms with Gasteiger partial charge in [-0.2, -0.15) is 0 Å². The highest BCUT2D eigenvalue weighted by molar-refractivity contribution is 5.69. The van der Waals surface area contributed by atoms with E-state index in [4.69, 9.17) is 10.2 Å². The molecule has 0 aliphatic carbocycles.